The number of hydrogen-bond donors (Lipinski definition) is 2. The van der Waals surface area contributed by atoms with E-state index in [1.165, 1.54) is 0 Å². The molecule has 0 aliphatic heterocycles. The van der Waals surface area contributed by atoms with Gasteiger partial charge in [-0.2, -0.15) is 0 Å². The maximum Gasteiger partial charge on any atom is 0.141 e. The van der Waals surface area contributed by atoms with E-state index in [0.717, 1.165) is 28.7 Å². The van der Waals surface area contributed by atoms with Gasteiger partial charge in [0.1, 0.15) is 12.1 Å². The van der Waals surface area contributed by atoms with Gasteiger partial charge in [-0.05, 0) is 24.6 Å². The lowest BCUT2D eigenvalue weighted by Crippen LogP contribution is -2.10. The van der Waals surface area contributed by atoms with Crippen molar-refractivity contribution in [1.29, 1.82) is 0 Å². The van der Waals surface area contributed by atoms with Crippen LogP contribution in [-0.4, -0.2) is 16.3 Å². The van der Waals surface area contributed by atoms with Gasteiger partial charge < -0.3 is 15.5 Å². The molecule has 0 saturated carbocycles. The molecule has 4 nitrogen and oxygen atoms in total. The number of carbonyl (C=O) groups is 1. The van der Waals surface area contributed by atoms with Crippen LogP contribution >= 0.6 is 0 Å². The van der Waals surface area contributed by atoms with E-state index < -0.39 is 6.04 Å². The van der Waals surface area contributed by atoms with Gasteiger partial charge in [-0.25, -0.2) is 4.98 Å². The van der Waals surface area contributed by atoms with Gasteiger partial charge >= 0.3 is 0 Å². The molecule has 0 amide bonds. The van der Waals surface area contributed by atoms with E-state index in [9.17, 15) is 4.79 Å². The lowest BCUT2D eigenvalue weighted by atomic mass is 10.1. The fourth-order valence-electron chi connectivity index (χ4n) is 1.44. The third-order valence-corrected chi connectivity index (χ3v) is 2.16. The molecule has 0 saturated heterocycles. The minimum atomic E-state index is -0.553. The first kappa shape index (κ1) is 8.90. The number of fused-ring (bicyclic) bond motifs is 1. The number of nitrogens with two attached hydrogens (primary N) is 1. The van der Waals surface area contributed by atoms with Crippen LogP contribution in [0.25, 0.3) is 11.0 Å². The van der Waals surface area contributed by atoms with E-state index in [-0.39, 0.29) is 0 Å². The summed E-state index contributed by atoms with van der Waals surface area (Å²) in [5.41, 5.74) is 8.20. The molecule has 0 bridgehead atoms. The highest BCUT2D eigenvalue weighted by Gasteiger charge is 2.06. The average molecular weight is 189 g/mol. The molecule has 2 rings (SSSR count). The summed E-state index contributed by atoms with van der Waals surface area (Å²) in [6.07, 6.45) is 0.727. The Morgan fingerprint density at radius 2 is 2.36 bits per heavy atom. The summed E-state index contributed by atoms with van der Waals surface area (Å²) in [7, 11) is 0. The van der Waals surface area contributed by atoms with Gasteiger partial charge in [0.15, 0.2) is 0 Å². The predicted molar refractivity (Wildman–Crippen MR) is 53.8 cm³/mol. The lowest BCUT2D eigenvalue weighted by Gasteiger charge is -2.02. The van der Waals surface area contributed by atoms with Crippen molar-refractivity contribution >= 4 is 17.3 Å². The first-order valence-electron chi connectivity index (χ1n) is 4.38. The standard InChI is InChI=1S/C10H11N3O/c1-6-12-9-3-2-7(8(11)5-14)4-10(9)13-6/h2-5,8H,11H2,1H3,(H,12,13). The second-order valence-electron chi connectivity index (χ2n) is 3.26. The molecule has 3 N–H and O–H groups in total. The first-order chi connectivity index (χ1) is 6.70. The van der Waals surface area contributed by atoms with Crippen molar-refractivity contribution in [3.63, 3.8) is 0 Å². The summed E-state index contributed by atoms with van der Waals surface area (Å²) in [5, 5.41) is 0. The van der Waals surface area contributed by atoms with E-state index in [1.54, 1.807) is 0 Å². The van der Waals surface area contributed by atoms with E-state index in [0.29, 0.717) is 0 Å². The van der Waals surface area contributed by atoms with Crippen molar-refractivity contribution in [2.45, 2.75) is 13.0 Å². The molecule has 1 atom stereocenters. The van der Waals surface area contributed by atoms with Crippen LogP contribution in [-0.2, 0) is 4.79 Å². The molecule has 0 fully saturated rings. The zero-order chi connectivity index (χ0) is 10.1. The Balaban J connectivity index is 2.55. The van der Waals surface area contributed by atoms with Gasteiger partial charge in [-0.15, -0.1) is 0 Å². The monoisotopic (exact) mass is 189 g/mol. The summed E-state index contributed by atoms with van der Waals surface area (Å²) in [5.74, 6) is 0.858. The van der Waals surface area contributed by atoms with Gasteiger partial charge in [-0.3, -0.25) is 0 Å². The molecule has 14 heavy (non-hydrogen) atoms. The quantitative estimate of drug-likeness (QED) is 0.694. The van der Waals surface area contributed by atoms with Crippen molar-refractivity contribution in [1.82, 2.24) is 9.97 Å². The fourth-order valence-corrected chi connectivity index (χ4v) is 1.44. The third-order valence-electron chi connectivity index (χ3n) is 2.16. The Morgan fingerprint density at radius 1 is 1.57 bits per heavy atom. The molecule has 0 radical (unpaired) electrons. The van der Waals surface area contributed by atoms with Crippen molar-refractivity contribution in [2.75, 3.05) is 0 Å². The average Bonchev–Trinajstić information content (AvgIpc) is 2.55. The zero-order valence-corrected chi connectivity index (χ0v) is 7.82. The largest absolute Gasteiger partial charge is 0.342 e. The first-order valence-corrected chi connectivity index (χ1v) is 4.38. The molecule has 72 valence electrons. The number of hydrogen-bond acceptors (Lipinski definition) is 3. The van der Waals surface area contributed by atoms with Gasteiger partial charge in [0, 0.05) is 0 Å². The van der Waals surface area contributed by atoms with Gasteiger partial charge in [0.25, 0.3) is 0 Å². The van der Waals surface area contributed by atoms with Crippen molar-refractivity contribution in [3.8, 4) is 0 Å². The second-order valence-corrected chi connectivity index (χ2v) is 3.26. The molecule has 1 unspecified atom stereocenters. The molecule has 0 aliphatic rings. The van der Waals surface area contributed by atoms with E-state index >= 15 is 0 Å². The SMILES string of the molecule is Cc1nc2ccc(C(N)C=O)cc2[nH]1. The van der Waals surface area contributed by atoms with E-state index in [2.05, 4.69) is 9.97 Å². The van der Waals surface area contributed by atoms with Crippen LogP contribution in [0, 0.1) is 6.92 Å². The van der Waals surface area contributed by atoms with Crippen LogP contribution < -0.4 is 5.73 Å². The van der Waals surface area contributed by atoms with Gasteiger partial charge in [-0.1, -0.05) is 6.07 Å². The number of benzene rings is 1. The maximum atomic E-state index is 10.5. The number of imidazole rings is 1. The number of nitrogens with zero attached hydrogens (tertiary/aromatic N) is 1. The van der Waals surface area contributed by atoms with Crippen LogP contribution in [0.1, 0.15) is 17.4 Å². The maximum absolute atomic E-state index is 10.5. The topological polar surface area (TPSA) is 71.8 Å². The summed E-state index contributed by atoms with van der Waals surface area (Å²) in [6.45, 7) is 1.89. The highest BCUT2D eigenvalue weighted by molar-refractivity contribution is 5.77. The number of aromatic amines is 1. The predicted octanol–water partition coefficient (Wildman–Crippen LogP) is 1.07. The lowest BCUT2D eigenvalue weighted by molar-refractivity contribution is -0.109. The van der Waals surface area contributed by atoms with Gasteiger partial charge in [0.2, 0.25) is 0 Å². The number of aldehydes is 1. The van der Waals surface area contributed by atoms with Crippen LogP contribution in [0.3, 0.4) is 0 Å². The molecular weight excluding hydrogens is 178 g/mol. The van der Waals surface area contributed by atoms with Crippen molar-refractivity contribution in [3.05, 3.63) is 29.6 Å². The fraction of sp³-hybridized carbons (Fsp3) is 0.200. The summed E-state index contributed by atoms with van der Waals surface area (Å²) >= 11 is 0. The van der Waals surface area contributed by atoms with Crippen LogP contribution in [0.2, 0.25) is 0 Å². The summed E-state index contributed by atoms with van der Waals surface area (Å²) in [4.78, 5) is 17.8. The molecule has 0 aliphatic carbocycles. The normalized spacial score (nSPS) is 13.0. The molecule has 2 aromatic rings. The van der Waals surface area contributed by atoms with Crippen molar-refractivity contribution in [2.24, 2.45) is 5.73 Å². The highest BCUT2D eigenvalue weighted by atomic mass is 16.1. The third kappa shape index (κ3) is 1.40. The van der Waals surface area contributed by atoms with Crippen LogP contribution in [0.4, 0.5) is 0 Å². The van der Waals surface area contributed by atoms with Gasteiger partial charge in [0.05, 0.1) is 17.1 Å². The van der Waals surface area contributed by atoms with Crippen molar-refractivity contribution < 1.29 is 4.79 Å². The molecule has 1 aromatic carbocycles. The Morgan fingerprint density at radius 3 is 3.07 bits per heavy atom. The number of aryl methyl sites for hydroxylation is 1. The Hall–Kier alpha value is -1.68. The smallest absolute Gasteiger partial charge is 0.141 e. The summed E-state index contributed by atoms with van der Waals surface area (Å²) < 4.78 is 0. The van der Waals surface area contributed by atoms with Crippen LogP contribution in [0.15, 0.2) is 18.2 Å². The Kier molecular flexibility index (Phi) is 2.05. The minimum Gasteiger partial charge on any atom is -0.342 e. The molecule has 4 heteroatoms. The highest BCUT2D eigenvalue weighted by Crippen LogP contribution is 2.16. The molecule has 1 aromatic heterocycles. The molecule has 0 spiro atoms. The second kappa shape index (κ2) is 3.23. The number of H-pyrrole nitrogens is 1. The minimum absolute atomic E-state index is 0.553. The summed E-state index contributed by atoms with van der Waals surface area (Å²) in [6, 6.07) is 4.98. The van der Waals surface area contributed by atoms with E-state index in [4.69, 9.17) is 5.73 Å². The number of carbonyl (C=O) groups excluding carboxylic acids is 1. The Labute approximate surface area is 81.1 Å². The zero-order valence-electron chi connectivity index (χ0n) is 7.82. The molecule has 1 heterocycles. The van der Waals surface area contributed by atoms with Crippen LogP contribution in [0.5, 0.6) is 0 Å². The number of nitrogens with one attached hydrogen (secondary N) is 1. The number of aromatic nitrogens is 2. The molecular formula is C10H11N3O. The van der Waals surface area contributed by atoms with E-state index in [1.807, 2.05) is 25.1 Å². The number of rotatable bonds is 2. The Bertz CT molecular complexity index is 475.